The van der Waals surface area contributed by atoms with E-state index in [0.29, 0.717) is 0 Å². The summed E-state index contributed by atoms with van der Waals surface area (Å²) >= 11 is 0. The molecule has 1 heterocycles. The summed E-state index contributed by atoms with van der Waals surface area (Å²) in [6, 6.07) is 0. The molecular weight excluding hydrogens is 184 g/mol. The third-order valence-corrected chi connectivity index (χ3v) is 1.84. The maximum absolute atomic E-state index is 10.2. The highest BCUT2D eigenvalue weighted by molar-refractivity contribution is 5.72. The normalized spacial score (nSPS) is 41.8. The van der Waals surface area contributed by atoms with Gasteiger partial charge in [0.1, 0.15) is 18.3 Å². The number of hydrogen-bond acceptors (Lipinski definition) is 6. The lowest BCUT2D eigenvalue weighted by molar-refractivity contribution is -0.170. The van der Waals surface area contributed by atoms with Crippen LogP contribution in [0, 0.1) is 0 Å². The maximum atomic E-state index is 10.2. The van der Waals surface area contributed by atoms with E-state index in [1.807, 2.05) is 0 Å². The van der Waals surface area contributed by atoms with Crippen LogP contribution in [-0.2, 0) is 9.53 Å². The van der Waals surface area contributed by atoms with Crippen molar-refractivity contribution in [3.05, 3.63) is 0 Å². The van der Waals surface area contributed by atoms with E-state index in [2.05, 4.69) is 4.74 Å². The highest BCUT2D eigenvalue weighted by Gasteiger charge is 2.47. The van der Waals surface area contributed by atoms with Crippen LogP contribution in [-0.4, -0.2) is 62.2 Å². The molecule has 13 heavy (non-hydrogen) atoms. The second-order valence-electron chi connectivity index (χ2n) is 2.76. The number of carbonyl (C=O) groups is 1. The number of carboxylic acid groups (broad SMARTS) is 1. The zero-order valence-electron chi connectivity index (χ0n) is 6.44. The van der Waals surface area contributed by atoms with Crippen molar-refractivity contribution in [3.63, 3.8) is 0 Å². The Kier molecular flexibility index (Phi) is 2.84. The molecule has 1 fully saturated rings. The van der Waals surface area contributed by atoms with Crippen molar-refractivity contribution in [2.45, 2.75) is 30.7 Å². The van der Waals surface area contributed by atoms with Crippen LogP contribution in [0.4, 0.5) is 0 Å². The van der Waals surface area contributed by atoms with E-state index in [9.17, 15) is 4.79 Å². The molecule has 1 saturated heterocycles. The molecule has 7 nitrogen and oxygen atoms in total. The van der Waals surface area contributed by atoms with Gasteiger partial charge in [-0.3, -0.25) is 0 Å². The standard InChI is InChI=1S/C6H10O7/c7-1-2(8)6(12)13-4(1)3(9)5(10)11/h1-4,6-9,12H,(H,10,11)/t1-,2-,3+,4-,6-/m1/s1. The Bertz CT molecular complexity index is 205. The van der Waals surface area contributed by atoms with Crippen molar-refractivity contribution in [1.29, 1.82) is 0 Å². The van der Waals surface area contributed by atoms with Crippen LogP contribution in [0.3, 0.4) is 0 Å². The molecule has 0 aromatic rings. The van der Waals surface area contributed by atoms with E-state index >= 15 is 0 Å². The van der Waals surface area contributed by atoms with Crippen molar-refractivity contribution in [2.75, 3.05) is 0 Å². The number of aliphatic carboxylic acids is 1. The first-order valence-corrected chi connectivity index (χ1v) is 3.55. The van der Waals surface area contributed by atoms with E-state index in [0.717, 1.165) is 0 Å². The summed E-state index contributed by atoms with van der Waals surface area (Å²) in [6.45, 7) is 0. The number of aliphatic hydroxyl groups is 4. The smallest absolute Gasteiger partial charge is 0.335 e. The number of carboxylic acids is 1. The average Bonchev–Trinajstić information content (AvgIpc) is 2.31. The van der Waals surface area contributed by atoms with Crippen molar-refractivity contribution < 1.29 is 35.1 Å². The Morgan fingerprint density at radius 2 is 1.77 bits per heavy atom. The van der Waals surface area contributed by atoms with Gasteiger partial charge >= 0.3 is 5.97 Å². The molecule has 0 amide bonds. The molecule has 0 aliphatic carbocycles. The predicted molar refractivity (Wildman–Crippen MR) is 36.5 cm³/mol. The van der Waals surface area contributed by atoms with Crippen LogP contribution in [0.2, 0.25) is 0 Å². The summed E-state index contributed by atoms with van der Waals surface area (Å²) in [7, 11) is 0. The Labute approximate surface area is 72.8 Å². The largest absolute Gasteiger partial charge is 0.479 e. The molecule has 0 radical (unpaired) electrons. The minimum absolute atomic E-state index is 1.51. The van der Waals surface area contributed by atoms with Gasteiger partial charge in [-0.05, 0) is 0 Å². The summed E-state index contributed by atoms with van der Waals surface area (Å²) in [5.41, 5.74) is 0. The lowest BCUT2D eigenvalue weighted by Gasteiger charge is -2.16. The minimum atomic E-state index is -1.97. The van der Waals surface area contributed by atoms with E-state index < -0.39 is 36.7 Å². The molecule has 0 aromatic heterocycles. The number of ether oxygens (including phenoxy) is 1. The fraction of sp³-hybridized carbons (Fsp3) is 0.833. The average molecular weight is 194 g/mol. The van der Waals surface area contributed by atoms with E-state index in [4.69, 9.17) is 25.5 Å². The summed E-state index contributed by atoms with van der Waals surface area (Å²) in [5.74, 6) is -1.59. The molecule has 1 rings (SSSR count). The van der Waals surface area contributed by atoms with Gasteiger partial charge in [0.05, 0.1) is 0 Å². The minimum Gasteiger partial charge on any atom is -0.479 e. The number of hydrogen-bond donors (Lipinski definition) is 5. The molecular formula is C6H10O7. The van der Waals surface area contributed by atoms with Crippen molar-refractivity contribution in [2.24, 2.45) is 0 Å². The molecule has 5 N–H and O–H groups in total. The highest BCUT2D eigenvalue weighted by Crippen LogP contribution is 2.22. The third kappa shape index (κ3) is 1.79. The van der Waals surface area contributed by atoms with Gasteiger partial charge in [-0.2, -0.15) is 0 Å². The Morgan fingerprint density at radius 3 is 2.08 bits per heavy atom. The van der Waals surface area contributed by atoms with Gasteiger partial charge in [-0.25, -0.2) is 4.79 Å². The van der Waals surface area contributed by atoms with Crippen molar-refractivity contribution >= 4 is 5.97 Å². The van der Waals surface area contributed by atoms with E-state index in [1.165, 1.54) is 0 Å². The van der Waals surface area contributed by atoms with Crippen LogP contribution >= 0.6 is 0 Å². The van der Waals surface area contributed by atoms with Crippen molar-refractivity contribution in [1.82, 2.24) is 0 Å². The SMILES string of the molecule is O=C(O)[C@@H](O)[C@@H]1O[C@@H](O)[C@H](O)[C@H]1O. The lowest BCUT2D eigenvalue weighted by Crippen LogP contribution is -2.42. The van der Waals surface area contributed by atoms with Gasteiger partial charge < -0.3 is 30.3 Å². The first-order chi connectivity index (χ1) is 5.95. The molecule has 0 spiro atoms. The summed E-state index contributed by atoms with van der Waals surface area (Å²) < 4.78 is 4.43. The zero-order valence-corrected chi connectivity index (χ0v) is 6.44. The molecule has 1 aliphatic rings. The van der Waals surface area contributed by atoms with E-state index in [-0.39, 0.29) is 0 Å². The van der Waals surface area contributed by atoms with Gasteiger partial charge in [-0.1, -0.05) is 0 Å². The van der Waals surface area contributed by atoms with Crippen molar-refractivity contribution in [3.8, 4) is 0 Å². The van der Waals surface area contributed by atoms with Crippen LogP contribution in [0.15, 0.2) is 0 Å². The first kappa shape index (κ1) is 10.4. The van der Waals surface area contributed by atoms with Gasteiger partial charge in [0.2, 0.25) is 0 Å². The summed E-state index contributed by atoms with van der Waals surface area (Å²) in [6.07, 6.45) is -8.36. The predicted octanol–water partition coefficient (Wildman–Crippen LogP) is -3.13. The van der Waals surface area contributed by atoms with Gasteiger partial charge in [0, 0.05) is 0 Å². The number of aliphatic hydroxyl groups excluding tert-OH is 4. The van der Waals surface area contributed by atoms with Gasteiger partial charge in [0.15, 0.2) is 12.4 Å². The van der Waals surface area contributed by atoms with Crippen LogP contribution in [0.5, 0.6) is 0 Å². The summed E-state index contributed by atoms with van der Waals surface area (Å²) in [5, 5.41) is 44.1. The first-order valence-electron chi connectivity index (χ1n) is 3.55. The van der Waals surface area contributed by atoms with Crippen LogP contribution in [0.1, 0.15) is 0 Å². The fourth-order valence-corrected chi connectivity index (χ4v) is 1.09. The molecule has 1 aliphatic heterocycles. The Morgan fingerprint density at radius 1 is 1.23 bits per heavy atom. The fourth-order valence-electron chi connectivity index (χ4n) is 1.09. The Balaban J connectivity index is 2.68. The lowest BCUT2D eigenvalue weighted by atomic mass is 10.1. The monoisotopic (exact) mass is 194 g/mol. The second kappa shape index (κ2) is 3.56. The van der Waals surface area contributed by atoms with Gasteiger partial charge in [0.25, 0.3) is 0 Å². The number of rotatable bonds is 2. The molecule has 0 saturated carbocycles. The molecule has 5 atom stereocenters. The van der Waals surface area contributed by atoms with E-state index in [1.54, 1.807) is 0 Å². The van der Waals surface area contributed by atoms with Crippen LogP contribution < -0.4 is 0 Å². The summed E-state index contributed by atoms with van der Waals surface area (Å²) in [4.78, 5) is 10.2. The Hall–Kier alpha value is -0.730. The molecule has 0 aromatic carbocycles. The van der Waals surface area contributed by atoms with Gasteiger partial charge in [-0.15, -0.1) is 0 Å². The topological polar surface area (TPSA) is 127 Å². The quantitative estimate of drug-likeness (QED) is 0.314. The molecule has 0 bridgehead atoms. The molecule has 76 valence electrons. The highest BCUT2D eigenvalue weighted by atomic mass is 16.6. The molecule has 0 unspecified atom stereocenters. The second-order valence-corrected chi connectivity index (χ2v) is 2.76. The van der Waals surface area contributed by atoms with Crippen LogP contribution in [0.25, 0.3) is 0 Å². The maximum Gasteiger partial charge on any atom is 0.335 e. The zero-order chi connectivity index (χ0) is 10.2. The molecule has 7 heteroatoms. The third-order valence-electron chi connectivity index (χ3n) is 1.84.